The Labute approximate surface area is 153 Å². The second kappa shape index (κ2) is 5.51. The van der Waals surface area contributed by atoms with Gasteiger partial charge in [0.25, 0.3) is 11.5 Å². The summed E-state index contributed by atoms with van der Waals surface area (Å²) in [5.74, 6) is -0.0705. The van der Waals surface area contributed by atoms with E-state index in [-0.39, 0.29) is 17.5 Å². The first-order chi connectivity index (χ1) is 12.6. The molecule has 4 heterocycles. The van der Waals surface area contributed by atoms with E-state index >= 15 is 0 Å². The minimum atomic E-state index is -0.143. The van der Waals surface area contributed by atoms with Gasteiger partial charge in [0.1, 0.15) is 10.5 Å². The third-order valence-corrected chi connectivity index (χ3v) is 5.87. The first-order valence-corrected chi connectivity index (χ1v) is 9.27. The number of amides is 1. The molecule has 5 nitrogen and oxygen atoms in total. The van der Waals surface area contributed by atoms with Gasteiger partial charge in [0.15, 0.2) is 0 Å². The maximum atomic E-state index is 13.2. The summed E-state index contributed by atoms with van der Waals surface area (Å²) in [5, 5.41) is 0.488. The molecule has 0 fully saturated rings. The number of para-hydroxylation sites is 1. The maximum Gasteiger partial charge on any atom is 0.268 e. The van der Waals surface area contributed by atoms with Crippen LogP contribution in [0.25, 0.3) is 15.9 Å². The number of benzene rings is 1. The Kier molecular flexibility index (Phi) is 3.24. The van der Waals surface area contributed by atoms with Crippen molar-refractivity contribution >= 4 is 38.8 Å². The molecule has 0 unspecified atom stereocenters. The van der Waals surface area contributed by atoms with Gasteiger partial charge in [-0.3, -0.25) is 14.0 Å². The number of aromatic nitrogens is 2. The minimum absolute atomic E-state index is 0.0705. The molecule has 0 spiro atoms. The normalized spacial score (nSPS) is 16.3. The molecule has 128 valence electrons. The highest BCUT2D eigenvalue weighted by atomic mass is 32.1. The summed E-state index contributed by atoms with van der Waals surface area (Å²) in [4.78, 5) is 33.4. The first-order valence-electron chi connectivity index (χ1n) is 8.46. The molecule has 4 aromatic rings. The SMILES string of the molecule is C[C@@H]1Cc2ccccc2N1C(=O)c1cc2c(=O)n3ccccc3nc2s1. The number of pyridine rings is 1. The molecule has 1 aliphatic rings. The van der Waals surface area contributed by atoms with E-state index in [0.717, 1.165) is 12.1 Å². The number of carbonyl (C=O) groups is 1. The van der Waals surface area contributed by atoms with Gasteiger partial charge in [-0.2, -0.15) is 0 Å². The van der Waals surface area contributed by atoms with Crippen molar-refractivity contribution in [3.63, 3.8) is 0 Å². The summed E-state index contributed by atoms with van der Waals surface area (Å²) >= 11 is 1.28. The van der Waals surface area contributed by atoms with Crippen molar-refractivity contribution in [1.82, 2.24) is 9.38 Å². The highest BCUT2D eigenvalue weighted by Gasteiger charge is 2.32. The van der Waals surface area contributed by atoms with Gasteiger partial charge in [-0.05, 0) is 43.2 Å². The lowest BCUT2D eigenvalue weighted by Crippen LogP contribution is -2.35. The molecular weight excluding hydrogens is 346 g/mol. The van der Waals surface area contributed by atoms with Gasteiger partial charge >= 0.3 is 0 Å². The zero-order chi connectivity index (χ0) is 17.8. The number of rotatable bonds is 1. The third-order valence-electron chi connectivity index (χ3n) is 4.85. The lowest BCUT2D eigenvalue weighted by molar-refractivity contribution is 0.0985. The lowest BCUT2D eigenvalue weighted by Gasteiger charge is -2.21. The van der Waals surface area contributed by atoms with Gasteiger partial charge in [0.2, 0.25) is 0 Å². The van der Waals surface area contributed by atoms with E-state index in [4.69, 9.17) is 0 Å². The maximum absolute atomic E-state index is 13.2. The number of hydrogen-bond acceptors (Lipinski definition) is 4. The van der Waals surface area contributed by atoms with E-state index in [0.29, 0.717) is 20.7 Å². The Balaban J connectivity index is 1.66. The Hall–Kier alpha value is -2.99. The van der Waals surface area contributed by atoms with Gasteiger partial charge in [0.05, 0.1) is 10.3 Å². The Morgan fingerprint density at radius 3 is 2.88 bits per heavy atom. The minimum Gasteiger partial charge on any atom is -0.304 e. The molecule has 0 N–H and O–H groups in total. The van der Waals surface area contributed by atoms with E-state index in [1.807, 2.05) is 36.1 Å². The molecule has 1 atom stereocenters. The monoisotopic (exact) mass is 361 g/mol. The fraction of sp³-hybridized carbons (Fsp3) is 0.150. The van der Waals surface area contributed by atoms with Gasteiger partial charge in [0, 0.05) is 17.9 Å². The summed E-state index contributed by atoms with van der Waals surface area (Å²) in [6, 6.07) is 15.2. The van der Waals surface area contributed by atoms with Crippen molar-refractivity contribution in [2.24, 2.45) is 0 Å². The number of carbonyl (C=O) groups excluding carboxylic acids is 1. The summed E-state index contributed by atoms with van der Waals surface area (Å²) in [7, 11) is 0. The molecule has 26 heavy (non-hydrogen) atoms. The lowest BCUT2D eigenvalue weighted by atomic mass is 10.1. The zero-order valence-electron chi connectivity index (χ0n) is 14.0. The molecule has 1 aromatic carbocycles. The predicted octanol–water partition coefficient (Wildman–Crippen LogP) is 3.50. The van der Waals surface area contributed by atoms with E-state index in [9.17, 15) is 9.59 Å². The number of hydrogen-bond donors (Lipinski definition) is 0. The molecule has 0 aliphatic carbocycles. The quantitative estimate of drug-likeness (QED) is 0.521. The van der Waals surface area contributed by atoms with Crippen LogP contribution in [0.1, 0.15) is 22.2 Å². The van der Waals surface area contributed by atoms with Crippen LogP contribution < -0.4 is 10.5 Å². The smallest absolute Gasteiger partial charge is 0.268 e. The molecule has 0 saturated heterocycles. The summed E-state index contributed by atoms with van der Waals surface area (Å²) in [6.45, 7) is 2.05. The fourth-order valence-electron chi connectivity index (χ4n) is 3.65. The van der Waals surface area contributed by atoms with Gasteiger partial charge < -0.3 is 4.90 Å². The summed E-state index contributed by atoms with van der Waals surface area (Å²) in [5.41, 5.74) is 2.58. The van der Waals surface area contributed by atoms with Crippen LogP contribution >= 0.6 is 11.3 Å². The van der Waals surface area contributed by atoms with Gasteiger partial charge in [-0.1, -0.05) is 24.3 Å². The van der Waals surface area contributed by atoms with Gasteiger partial charge in [-0.15, -0.1) is 11.3 Å². The van der Waals surface area contributed by atoms with Crippen LogP contribution in [0, 0.1) is 0 Å². The Morgan fingerprint density at radius 2 is 2.00 bits per heavy atom. The predicted molar refractivity (Wildman–Crippen MR) is 103 cm³/mol. The molecule has 3 aromatic heterocycles. The number of anilines is 1. The van der Waals surface area contributed by atoms with Crippen molar-refractivity contribution in [3.05, 3.63) is 75.5 Å². The van der Waals surface area contributed by atoms with Crippen LogP contribution in [-0.4, -0.2) is 21.3 Å². The second-order valence-electron chi connectivity index (χ2n) is 6.53. The van der Waals surface area contributed by atoms with E-state index in [2.05, 4.69) is 11.1 Å². The molecule has 0 radical (unpaired) electrons. The van der Waals surface area contributed by atoms with Crippen LogP contribution in [0.5, 0.6) is 0 Å². The van der Waals surface area contributed by atoms with Crippen LogP contribution in [0.2, 0.25) is 0 Å². The number of thiophene rings is 1. The van der Waals surface area contributed by atoms with Crippen molar-refractivity contribution in [2.75, 3.05) is 4.90 Å². The standard InChI is InChI=1S/C20H15N3O2S/c1-12-10-13-6-2-3-7-15(13)23(12)20(25)16-11-14-18(26-16)21-17-8-4-5-9-22(17)19(14)24/h2-9,11-12H,10H2,1H3/t12-/m1/s1. The van der Waals surface area contributed by atoms with Crippen molar-refractivity contribution in [3.8, 4) is 0 Å². The number of fused-ring (bicyclic) bond motifs is 3. The Bertz CT molecular complexity index is 1240. The molecule has 6 heteroatoms. The zero-order valence-corrected chi connectivity index (χ0v) is 14.9. The average Bonchev–Trinajstić information content (AvgIpc) is 3.22. The van der Waals surface area contributed by atoms with Crippen LogP contribution in [0.4, 0.5) is 5.69 Å². The summed E-state index contributed by atoms with van der Waals surface area (Å²) in [6.07, 6.45) is 2.54. The third kappa shape index (κ3) is 2.12. The average molecular weight is 361 g/mol. The molecule has 1 amide bonds. The fourth-order valence-corrected chi connectivity index (χ4v) is 4.61. The molecule has 5 rings (SSSR count). The second-order valence-corrected chi connectivity index (χ2v) is 7.56. The Morgan fingerprint density at radius 1 is 1.19 bits per heavy atom. The van der Waals surface area contributed by atoms with Crippen LogP contribution in [0.15, 0.2) is 59.5 Å². The van der Waals surface area contributed by atoms with Gasteiger partial charge in [-0.25, -0.2) is 4.98 Å². The summed E-state index contributed by atoms with van der Waals surface area (Å²) < 4.78 is 1.51. The topological polar surface area (TPSA) is 54.7 Å². The molecule has 1 aliphatic heterocycles. The van der Waals surface area contributed by atoms with Crippen molar-refractivity contribution in [2.45, 2.75) is 19.4 Å². The van der Waals surface area contributed by atoms with Crippen molar-refractivity contribution in [1.29, 1.82) is 0 Å². The van der Waals surface area contributed by atoms with Crippen LogP contribution in [-0.2, 0) is 6.42 Å². The molecule has 0 bridgehead atoms. The highest BCUT2D eigenvalue weighted by molar-refractivity contribution is 7.20. The van der Waals surface area contributed by atoms with E-state index < -0.39 is 0 Å². The van der Waals surface area contributed by atoms with E-state index in [1.165, 1.54) is 21.3 Å². The largest absolute Gasteiger partial charge is 0.304 e. The number of nitrogens with zero attached hydrogens (tertiary/aromatic N) is 3. The highest BCUT2D eigenvalue weighted by Crippen LogP contribution is 2.34. The first kappa shape index (κ1) is 15.3. The van der Waals surface area contributed by atoms with Crippen molar-refractivity contribution < 1.29 is 4.79 Å². The van der Waals surface area contributed by atoms with Crippen LogP contribution in [0.3, 0.4) is 0 Å². The van der Waals surface area contributed by atoms with E-state index in [1.54, 1.807) is 24.4 Å². The molecule has 0 saturated carbocycles. The molecular formula is C20H15N3O2S.